The van der Waals surface area contributed by atoms with Crippen LogP contribution < -0.4 is 0 Å². The quantitative estimate of drug-likeness (QED) is 0.260. The van der Waals surface area contributed by atoms with Crippen LogP contribution in [0.4, 0.5) is 0 Å². The monoisotopic (exact) mass is 699 g/mol. The molecule has 0 rings (SSSR count). The van der Waals surface area contributed by atoms with E-state index in [0.717, 1.165) is 0 Å². The molecule has 0 heterocycles. The zero-order valence-corrected chi connectivity index (χ0v) is 15.1. The summed E-state index contributed by atoms with van der Waals surface area (Å²) < 4.78 is 0. The minimum atomic E-state index is -0.0833. The van der Waals surface area contributed by atoms with E-state index < -0.39 is 0 Å². The van der Waals surface area contributed by atoms with Gasteiger partial charge in [0.15, 0.2) is 0 Å². The Morgan fingerprint density at radius 3 is 1.20 bits per heavy atom. The molecule has 0 aromatic carbocycles. The summed E-state index contributed by atoms with van der Waals surface area (Å²) in [6, 6.07) is 0. The molecule has 0 fully saturated rings. The van der Waals surface area contributed by atoms with Gasteiger partial charge in [0.2, 0.25) is 0 Å². The van der Waals surface area contributed by atoms with Crippen molar-refractivity contribution in [2.45, 2.75) is 0 Å². The number of hydrogen-bond acceptors (Lipinski definition) is 0. The molecule has 0 saturated carbocycles. The van der Waals surface area contributed by atoms with Crippen molar-refractivity contribution in [2.75, 3.05) is 0 Å². The Kier molecular flexibility index (Phi) is 49.6. The molecule has 7 radical (unpaired) electrons. The van der Waals surface area contributed by atoms with Gasteiger partial charge in [-0.05, 0) is 0 Å². The molecule has 27 valence electrons. The molecule has 0 aliphatic heterocycles. The molecule has 5 heteroatoms. The van der Waals surface area contributed by atoms with E-state index >= 15 is 0 Å². The molecular weight excluding hydrogens is 698 g/mol. The van der Waals surface area contributed by atoms with Crippen LogP contribution in [-0.4, -0.2) is 91.3 Å². The predicted octanol–water partition coefficient (Wildman–Crippen LogP) is -1.90. The van der Waals surface area contributed by atoms with Crippen LogP contribution in [0.15, 0.2) is 0 Å². The van der Waals surface area contributed by atoms with Crippen molar-refractivity contribution >= 4 is 91.3 Å². The van der Waals surface area contributed by atoms with Gasteiger partial charge in [-0.25, -0.2) is 0 Å². The van der Waals surface area contributed by atoms with Gasteiger partial charge in [-0.3, -0.25) is 0 Å². The molecule has 0 bridgehead atoms. The molecule has 0 atom stereocenters. The van der Waals surface area contributed by atoms with Crippen molar-refractivity contribution in [1.29, 1.82) is 0 Å². The Labute approximate surface area is 89.0 Å². The van der Waals surface area contributed by atoms with Gasteiger partial charge in [0.25, 0.3) is 0 Å². The van der Waals surface area contributed by atoms with Gasteiger partial charge >= 0.3 is 40.7 Å². The Balaban J connectivity index is -0.0000000200. The fourth-order valence-corrected chi connectivity index (χ4v) is 0. The molecule has 0 nitrogen and oxygen atoms in total. The first kappa shape index (κ1) is 15.8. The fourth-order valence-electron chi connectivity index (χ4n) is 0. The van der Waals surface area contributed by atoms with Crippen LogP contribution >= 0.6 is 0 Å². The predicted molar refractivity (Wildman–Crippen MR) is 28.8 cm³/mol. The van der Waals surface area contributed by atoms with Gasteiger partial charge in [-0.1, -0.05) is 0 Å². The molecule has 0 unspecified atom stereocenters. The van der Waals surface area contributed by atoms with E-state index in [1.54, 1.807) is 0 Å². The Morgan fingerprint density at radius 2 is 1.20 bits per heavy atom. The second-order valence-corrected chi connectivity index (χ2v) is 17.7. The van der Waals surface area contributed by atoms with Crippen molar-refractivity contribution in [3.8, 4) is 0 Å². The first-order valence-corrected chi connectivity index (χ1v) is 16.6. The van der Waals surface area contributed by atoms with Crippen molar-refractivity contribution in [3.05, 3.63) is 0 Å². The second-order valence-electron chi connectivity index (χ2n) is 0.0745. The van der Waals surface area contributed by atoms with E-state index in [2.05, 4.69) is 23.4 Å². The van der Waals surface area contributed by atoms with Crippen LogP contribution in [-0.2, 0) is 0 Å². The summed E-state index contributed by atoms with van der Waals surface area (Å²) in [6.45, 7) is 0. The molecule has 5 heavy (non-hydrogen) atoms. The Morgan fingerprint density at radius 1 is 1.20 bits per heavy atom. The van der Waals surface area contributed by atoms with E-state index in [1.807, 2.05) is 0 Å². The molecule has 0 amide bonds. The molecule has 0 aliphatic carbocycles. The molecule has 0 spiro atoms. The van der Waals surface area contributed by atoms with Crippen LogP contribution in [0, 0.1) is 0 Å². The SMILES string of the molecule is [Bi].[Sb].[Se]=[Bi]=[Se]. The molecule has 0 saturated heterocycles. The molecule has 0 aliphatic rings. The topological polar surface area (TPSA) is 0 Å². The van der Waals surface area contributed by atoms with Crippen LogP contribution in [0.2, 0.25) is 0 Å². The molecular formula is Bi2SbSe2. The van der Waals surface area contributed by atoms with Crippen LogP contribution in [0.25, 0.3) is 0 Å². The van der Waals surface area contributed by atoms with Gasteiger partial charge < -0.3 is 0 Å². The van der Waals surface area contributed by atoms with E-state index in [-0.39, 0.29) is 67.9 Å². The molecule has 0 N–H and O–H groups in total. The van der Waals surface area contributed by atoms with Gasteiger partial charge in [-0.2, -0.15) is 0 Å². The zero-order chi connectivity index (χ0) is 2.71. The first-order chi connectivity index (χ1) is 1.41. The summed E-state index contributed by atoms with van der Waals surface area (Å²) in [4.78, 5) is 0. The average Bonchev–Trinajstić information content (AvgIpc) is 0.918. The van der Waals surface area contributed by atoms with E-state index in [9.17, 15) is 0 Å². The van der Waals surface area contributed by atoms with Crippen molar-refractivity contribution in [3.63, 3.8) is 0 Å². The van der Waals surface area contributed by atoms with Crippen LogP contribution in [0.5, 0.6) is 0 Å². The summed E-state index contributed by atoms with van der Waals surface area (Å²) >= 11 is 5.78. The maximum absolute atomic E-state index is 2.93. The Bertz CT molecular complexity index is 28.6. The van der Waals surface area contributed by atoms with Crippen molar-refractivity contribution in [2.24, 2.45) is 0 Å². The summed E-state index contributed by atoms with van der Waals surface area (Å²) in [5.74, 6) is 0. The zero-order valence-electron chi connectivity index (χ0n) is 2.16. The summed E-state index contributed by atoms with van der Waals surface area (Å²) in [5, 5.41) is 0. The minimum absolute atomic E-state index is 0. The van der Waals surface area contributed by atoms with Crippen molar-refractivity contribution < 1.29 is 0 Å². The third-order valence-electron chi connectivity index (χ3n) is 0. The molecule has 0 aromatic rings. The average molecular weight is 698 g/mol. The summed E-state index contributed by atoms with van der Waals surface area (Å²) in [5.41, 5.74) is 0. The Hall–Kier alpha value is 3.62. The second kappa shape index (κ2) is 15.6. The van der Waals surface area contributed by atoms with Crippen molar-refractivity contribution in [1.82, 2.24) is 0 Å². The molecule has 0 aromatic heterocycles. The van der Waals surface area contributed by atoms with E-state index in [1.165, 1.54) is 0 Å². The van der Waals surface area contributed by atoms with Gasteiger partial charge in [-0.15, -0.1) is 0 Å². The first-order valence-electron chi connectivity index (χ1n) is 0.365. The third-order valence-corrected chi connectivity index (χ3v) is 0. The summed E-state index contributed by atoms with van der Waals surface area (Å²) in [7, 11) is 0. The van der Waals surface area contributed by atoms with Crippen LogP contribution in [0.1, 0.15) is 0 Å². The van der Waals surface area contributed by atoms with Gasteiger partial charge in [0.1, 0.15) is 0 Å². The van der Waals surface area contributed by atoms with Gasteiger partial charge in [0.05, 0.1) is 0 Å². The van der Waals surface area contributed by atoms with E-state index in [0.29, 0.717) is 0 Å². The maximum atomic E-state index is 2.93. The van der Waals surface area contributed by atoms with Crippen LogP contribution in [0.3, 0.4) is 0 Å². The third kappa shape index (κ3) is 18.4. The van der Waals surface area contributed by atoms with Gasteiger partial charge in [0, 0.05) is 50.6 Å². The number of rotatable bonds is 0. The van der Waals surface area contributed by atoms with E-state index in [4.69, 9.17) is 0 Å². The normalized spacial score (nSPS) is 1.60. The fraction of sp³-hybridized carbons (Fsp3) is 0. The number of hydrogen-bond donors (Lipinski definition) is 0. The summed E-state index contributed by atoms with van der Waals surface area (Å²) in [6.07, 6.45) is 0. The standard InChI is InChI=1S/2Bi.Sb.2Se.